The molecule has 0 amide bonds. The van der Waals surface area contributed by atoms with Crippen LogP contribution in [0.3, 0.4) is 0 Å². The van der Waals surface area contributed by atoms with E-state index in [0.29, 0.717) is 18.9 Å². The number of nitrogens with zero attached hydrogens (tertiary/aromatic N) is 1. The molecule has 0 spiro atoms. The zero-order valence-electron chi connectivity index (χ0n) is 11.5. The van der Waals surface area contributed by atoms with E-state index < -0.39 is 6.49 Å². The van der Waals surface area contributed by atoms with Crippen molar-refractivity contribution in [2.24, 2.45) is 5.16 Å². The summed E-state index contributed by atoms with van der Waals surface area (Å²) in [5.74, 6) is 0.491. The second-order valence-corrected chi connectivity index (χ2v) is 7.15. The highest BCUT2D eigenvalue weighted by molar-refractivity contribution is 8.13. The van der Waals surface area contributed by atoms with Crippen molar-refractivity contribution in [3.05, 3.63) is 30.3 Å². The van der Waals surface area contributed by atoms with E-state index in [-0.39, 0.29) is 0 Å². The van der Waals surface area contributed by atoms with E-state index in [1.54, 1.807) is 0 Å². The van der Waals surface area contributed by atoms with Crippen LogP contribution in [0.4, 0.5) is 0 Å². The first kappa shape index (κ1) is 16.2. The van der Waals surface area contributed by atoms with Gasteiger partial charge in [0.15, 0.2) is 0 Å². The Labute approximate surface area is 119 Å². The highest BCUT2D eigenvalue weighted by Crippen LogP contribution is 2.47. The van der Waals surface area contributed by atoms with Crippen LogP contribution in [0.25, 0.3) is 0 Å². The van der Waals surface area contributed by atoms with Crippen molar-refractivity contribution < 1.29 is 13.9 Å². The fraction of sp³-hybridized carbons (Fsp3) is 0.462. The van der Waals surface area contributed by atoms with Gasteiger partial charge in [-0.05, 0) is 37.3 Å². The topological polar surface area (TPSA) is 40.0 Å². The van der Waals surface area contributed by atoms with Gasteiger partial charge in [0.05, 0.1) is 6.61 Å². The molecule has 1 atom stereocenters. The molecule has 0 bridgehead atoms. The van der Waals surface area contributed by atoms with Gasteiger partial charge >= 0.3 is 0 Å². The van der Waals surface area contributed by atoms with Crippen LogP contribution in [-0.4, -0.2) is 19.6 Å². The van der Waals surface area contributed by atoms with Crippen LogP contribution in [-0.2, 0) is 25.7 Å². The summed E-state index contributed by atoms with van der Waals surface area (Å²) in [5.41, 5.74) is 0. The Balaban J connectivity index is 3.00. The van der Waals surface area contributed by atoms with Gasteiger partial charge < -0.3 is 13.9 Å². The maximum absolute atomic E-state index is 5.87. The van der Waals surface area contributed by atoms with Gasteiger partial charge in [0, 0.05) is 11.7 Å². The largest absolute Gasteiger partial charge is 0.423 e. The maximum Gasteiger partial charge on any atom is 0.270 e. The Kier molecular flexibility index (Phi) is 7.06. The molecule has 1 rings (SSSR count). The fourth-order valence-corrected chi connectivity index (χ4v) is 4.02. The summed E-state index contributed by atoms with van der Waals surface area (Å²) in [7, 11) is 1.49. The molecule has 4 nitrogen and oxygen atoms in total. The summed E-state index contributed by atoms with van der Waals surface area (Å²) in [6.07, 6.45) is 1.57. The van der Waals surface area contributed by atoms with E-state index in [1.165, 1.54) is 7.11 Å². The molecule has 6 heteroatoms. The van der Waals surface area contributed by atoms with Crippen LogP contribution in [0.5, 0.6) is 0 Å². The number of oxime groups is 1. The van der Waals surface area contributed by atoms with E-state index in [0.717, 1.165) is 11.7 Å². The number of hydrogen-bond donors (Lipinski definition) is 0. The number of benzene rings is 1. The summed E-state index contributed by atoms with van der Waals surface area (Å²) >= 11 is 5.60. The quantitative estimate of drug-likeness (QED) is 0.335. The first-order valence-corrected chi connectivity index (χ1v) is 8.90. The zero-order chi connectivity index (χ0) is 14.1. The lowest BCUT2D eigenvalue weighted by Crippen LogP contribution is -2.14. The second-order valence-electron chi connectivity index (χ2n) is 3.76. The first-order valence-electron chi connectivity index (χ1n) is 6.26. The summed E-state index contributed by atoms with van der Waals surface area (Å²) in [6.45, 7) is 1.88. The Morgan fingerprint density at radius 2 is 1.95 bits per heavy atom. The van der Waals surface area contributed by atoms with Gasteiger partial charge in [-0.3, -0.25) is 0 Å². The van der Waals surface area contributed by atoms with Crippen LogP contribution in [0, 0.1) is 0 Å². The van der Waals surface area contributed by atoms with Gasteiger partial charge in [-0.1, -0.05) is 30.3 Å². The van der Waals surface area contributed by atoms with Crippen molar-refractivity contribution in [3.8, 4) is 0 Å². The molecular weight excluding hydrogens is 281 g/mol. The molecule has 0 heterocycles. The van der Waals surface area contributed by atoms with Crippen LogP contribution < -0.4 is 5.30 Å². The van der Waals surface area contributed by atoms with Crippen LogP contribution >= 0.6 is 6.49 Å². The predicted octanol–water partition coefficient (Wildman–Crippen LogP) is 3.43. The normalized spacial score (nSPS) is 14.8. The second kappa shape index (κ2) is 8.31. The fourth-order valence-electron chi connectivity index (χ4n) is 1.50. The molecule has 19 heavy (non-hydrogen) atoms. The lowest BCUT2D eigenvalue weighted by atomic mass is 10.3. The third-order valence-corrected chi connectivity index (χ3v) is 5.41. The van der Waals surface area contributed by atoms with Gasteiger partial charge in [-0.25, -0.2) is 0 Å². The molecule has 0 N–H and O–H groups in total. The molecule has 1 unspecified atom stereocenters. The van der Waals surface area contributed by atoms with Gasteiger partial charge in [-0.15, -0.1) is 0 Å². The Morgan fingerprint density at radius 3 is 2.47 bits per heavy atom. The number of hydrogen-bond acceptors (Lipinski definition) is 5. The molecule has 0 saturated heterocycles. The van der Waals surface area contributed by atoms with E-state index >= 15 is 0 Å². The third kappa shape index (κ3) is 4.94. The van der Waals surface area contributed by atoms with Crippen molar-refractivity contribution >= 4 is 29.5 Å². The monoisotopic (exact) mass is 301 g/mol. The van der Waals surface area contributed by atoms with E-state index in [2.05, 4.69) is 5.16 Å². The Morgan fingerprint density at radius 1 is 1.26 bits per heavy atom. The predicted molar refractivity (Wildman–Crippen MR) is 82.4 cm³/mol. The molecule has 0 aliphatic heterocycles. The molecule has 106 valence electrons. The summed E-state index contributed by atoms with van der Waals surface area (Å²) in [4.78, 5) is 4.80. The lowest BCUT2D eigenvalue weighted by Gasteiger charge is -2.23. The number of rotatable bonds is 7. The summed E-state index contributed by atoms with van der Waals surface area (Å²) in [5, 5.41) is 4.76. The Bertz CT molecular complexity index is 450. The standard InChI is InChI=1S/C13H20NO3PS/c1-4-9-13(14-15-3)17-18(19,16-5-2)12-10-7-6-8-11-12/h6-8,10-11H,4-5,9H2,1-3H3. The molecule has 0 saturated carbocycles. The van der Waals surface area contributed by atoms with Crippen molar-refractivity contribution in [3.63, 3.8) is 0 Å². The van der Waals surface area contributed by atoms with Crippen LogP contribution in [0.15, 0.2) is 35.5 Å². The average Bonchev–Trinajstić information content (AvgIpc) is 2.40. The minimum Gasteiger partial charge on any atom is -0.423 e. The summed E-state index contributed by atoms with van der Waals surface area (Å²) < 4.78 is 11.6. The SMILES string of the molecule is CCCC(=NOC)OP(=S)(OCC)c1ccccc1. The Hall–Kier alpha value is -0.900. The molecule has 0 fully saturated rings. The lowest BCUT2D eigenvalue weighted by molar-refractivity contribution is 0.202. The minimum absolute atomic E-state index is 0.491. The average molecular weight is 301 g/mol. The van der Waals surface area contributed by atoms with Crippen molar-refractivity contribution in [2.75, 3.05) is 13.7 Å². The minimum atomic E-state index is -2.56. The highest BCUT2D eigenvalue weighted by atomic mass is 32.5. The smallest absolute Gasteiger partial charge is 0.270 e. The van der Waals surface area contributed by atoms with Crippen molar-refractivity contribution in [1.82, 2.24) is 0 Å². The van der Waals surface area contributed by atoms with E-state index in [9.17, 15) is 0 Å². The van der Waals surface area contributed by atoms with Crippen LogP contribution in [0.1, 0.15) is 26.7 Å². The molecule has 0 aromatic heterocycles. The highest BCUT2D eigenvalue weighted by Gasteiger charge is 2.24. The van der Waals surface area contributed by atoms with Gasteiger partial charge in [0.1, 0.15) is 7.11 Å². The molecule has 0 aliphatic rings. The van der Waals surface area contributed by atoms with Crippen molar-refractivity contribution in [2.45, 2.75) is 26.7 Å². The van der Waals surface area contributed by atoms with E-state index in [1.807, 2.05) is 44.2 Å². The maximum atomic E-state index is 5.87. The zero-order valence-corrected chi connectivity index (χ0v) is 13.2. The molecule has 0 radical (unpaired) electrons. The van der Waals surface area contributed by atoms with Gasteiger partial charge in [0.25, 0.3) is 6.49 Å². The first-order chi connectivity index (χ1) is 9.16. The van der Waals surface area contributed by atoms with Crippen molar-refractivity contribution in [1.29, 1.82) is 0 Å². The van der Waals surface area contributed by atoms with Gasteiger partial charge in [0.2, 0.25) is 5.90 Å². The van der Waals surface area contributed by atoms with Gasteiger partial charge in [-0.2, -0.15) is 0 Å². The molecular formula is C13H20NO3PS. The molecule has 1 aromatic rings. The molecule has 1 aromatic carbocycles. The third-order valence-electron chi connectivity index (χ3n) is 2.25. The molecule has 0 aliphatic carbocycles. The summed E-state index contributed by atoms with van der Waals surface area (Å²) in [6, 6.07) is 9.63. The van der Waals surface area contributed by atoms with Crippen LogP contribution in [0.2, 0.25) is 0 Å². The van der Waals surface area contributed by atoms with E-state index in [4.69, 9.17) is 25.7 Å².